The Morgan fingerprint density at radius 3 is 2.17 bits per heavy atom. The van der Waals surface area contributed by atoms with E-state index in [4.69, 9.17) is 0 Å². The van der Waals surface area contributed by atoms with Crippen LogP contribution >= 0.6 is 0 Å². The lowest BCUT2D eigenvalue weighted by Crippen LogP contribution is -2.21. The molecule has 0 saturated heterocycles. The third-order valence-corrected chi connectivity index (χ3v) is 7.91. The van der Waals surface area contributed by atoms with Gasteiger partial charge in [-0.15, -0.1) is 0 Å². The van der Waals surface area contributed by atoms with E-state index in [9.17, 15) is 22.7 Å². The zero-order valence-electron chi connectivity index (χ0n) is 21.7. The summed E-state index contributed by atoms with van der Waals surface area (Å²) in [5.74, 6) is -1.73. The fourth-order valence-corrected chi connectivity index (χ4v) is 5.71. The van der Waals surface area contributed by atoms with Crippen LogP contribution in [0.25, 0.3) is 11.1 Å². The summed E-state index contributed by atoms with van der Waals surface area (Å²) in [5, 5.41) is 10.6. The quantitative estimate of drug-likeness (QED) is 0.384. The van der Waals surface area contributed by atoms with E-state index in [2.05, 4.69) is 4.98 Å². The monoisotopic (exact) mass is 511 g/mol. The zero-order valence-corrected chi connectivity index (χ0v) is 22.5. The maximum atomic E-state index is 14.7. The highest BCUT2D eigenvalue weighted by Gasteiger charge is 2.27. The largest absolute Gasteiger partial charge is 0.386 e. The molecule has 3 aromatic rings. The number of rotatable bonds is 9. The van der Waals surface area contributed by atoms with Gasteiger partial charge in [0.15, 0.2) is 15.6 Å². The highest BCUT2D eigenvalue weighted by atomic mass is 32.2. The minimum Gasteiger partial charge on any atom is -0.386 e. The Bertz CT molecular complexity index is 1360. The van der Waals surface area contributed by atoms with E-state index in [-0.39, 0.29) is 29.0 Å². The molecule has 0 bridgehead atoms. The third-order valence-electron chi connectivity index (χ3n) is 6.25. The van der Waals surface area contributed by atoms with Crippen LogP contribution in [0.4, 0.5) is 4.39 Å². The lowest BCUT2D eigenvalue weighted by Gasteiger charge is -2.21. The van der Waals surface area contributed by atoms with E-state index in [1.165, 1.54) is 18.2 Å². The van der Waals surface area contributed by atoms with Crippen LogP contribution in [0.1, 0.15) is 75.6 Å². The van der Waals surface area contributed by atoms with Crippen LogP contribution in [0.2, 0.25) is 0 Å². The van der Waals surface area contributed by atoms with E-state index in [1.54, 1.807) is 50.5 Å². The van der Waals surface area contributed by atoms with Gasteiger partial charge < -0.3 is 5.11 Å². The molecule has 0 radical (unpaired) electrons. The fourth-order valence-electron chi connectivity index (χ4n) is 4.40. The number of aliphatic hydroxyl groups is 1. The first-order valence-corrected chi connectivity index (χ1v) is 13.7. The van der Waals surface area contributed by atoms with Gasteiger partial charge in [0.25, 0.3) is 0 Å². The lowest BCUT2D eigenvalue weighted by atomic mass is 9.86. The van der Waals surface area contributed by atoms with Crippen molar-refractivity contribution >= 4 is 15.6 Å². The second-order valence-electron chi connectivity index (χ2n) is 10.4. The van der Waals surface area contributed by atoms with Gasteiger partial charge in [-0.1, -0.05) is 33.8 Å². The van der Waals surface area contributed by atoms with Gasteiger partial charge in [-0.2, -0.15) is 0 Å². The van der Waals surface area contributed by atoms with Gasteiger partial charge in [0, 0.05) is 18.8 Å². The number of nitrogens with zero attached hydrogens (tertiary/aromatic N) is 1. The molecule has 0 atom stereocenters. The first kappa shape index (κ1) is 27.7. The molecule has 0 aliphatic carbocycles. The number of hydrogen-bond acceptors (Lipinski definition) is 5. The van der Waals surface area contributed by atoms with Crippen molar-refractivity contribution in [2.45, 2.75) is 70.3 Å². The van der Waals surface area contributed by atoms with Crippen molar-refractivity contribution in [3.8, 4) is 11.1 Å². The van der Waals surface area contributed by atoms with Gasteiger partial charge in [0.05, 0.1) is 10.5 Å². The van der Waals surface area contributed by atoms with E-state index in [0.717, 1.165) is 11.1 Å². The van der Waals surface area contributed by atoms with E-state index in [0.29, 0.717) is 22.3 Å². The van der Waals surface area contributed by atoms with Gasteiger partial charge in [-0.25, -0.2) is 12.8 Å². The van der Waals surface area contributed by atoms with Crippen LogP contribution in [0.3, 0.4) is 0 Å². The first-order valence-electron chi connectivity index (χ1n) is 12.0. The highest BCUT2D eigenvalue weighted by Crippen LogP contribution is 2.32. The van der Waals surface area contributed by atoms with E-state index >= 15 is 0 Å². The Labute approximate surface area is 213 Å². The molecule has 5 nitrogen and oxygen atoms in total. The summed E-state index contributed by atoms with van der Waals surface area (Å²) in [6.45, 7) is 10.8. The number of sulfone groups is 1. The summed E-state index contributed by atoms with van der Waals surface area (Å²) in [4.78, 5) is 17.1. The van der Waals surface area contributed by atoms with Gasteiger partial charge in [-0.05, 0) is 95.5 Å². The molecule has 0 amide bonds. The van der Waals surface area contributed by atoms with Gasteiger partial charge in [-0.3, -0.25) is 9.78 Å². The van der Waals surface area contributed by atoms with Crippen LogP contribution in [0.5, 0.6) is 0 Å². The molecule has 0 spiro atoms. The van der Waals surface area contributed by atoms with Crippen LogP contribution in [0.15, 0.2) is 59.8 Å². The molecular weight excluding hydrogens is 477 g/mol. The number of aromatic nitrogens is 1. The van der Waals surface area contributed by atoms with Crippen LogP contribution in [-0.2, 0) is 26.7 Å². The first-order chi connectivity index (χ1) is 16.7. The molecule has 1 heterocycles. The van der Waals surface area contributed by atoms with Gasteiger partial charge in [0.2, 0.25) is 0 Å². The average Bonchev–Trinajstić information content (AvgIpc) is 2.78. The normalized spacial score (nSPS) is 12.4. The van der Waals surface area contributed by atoms with Crippen molar-refractivity contribution in [2.75, 3.05) is 5.75 Å². The van der Waals surface area contributed by atoms with Crippen molar-refractivity contribution in [3.63, 3.8) is 0 Å². The second-order valence-corrected chi connectivity index (χ2v) is 12.3. The molecule has 1 N–H and O–H groups in total. The minimum absolute atomic E-state index is 0.0466. The molecule has 0 fully saturated rings. The maximum absolute atomic E-state index is 14.7. The van der Waals surface area contributed by atoms with Crippen molar-refractivity contribution in [2.24, 2.45) is 0 Å². The lowest BCUT2D eigenvalue weighted by molar-refractivity contribution is -0.116. The number of carbonyl (C=O) groups is 1. The molecule has 0 saturated carbocycles. The molecule has 0 unspecified atom stereocenters. The van der Waals surface area contributed by atoms with Crippen molar-refractivity contribution in [1.29, 1.82) is 0 Å². The number of Topliss-reactive ketones (excluding diaryl/α,β-unsaturated/α-hetero) is 1. The maximum Gasteiger partial charge on any atom is 0.185 e. The van der Waals surface area contributed by atoms with Gasteiger partial charge in [0.1, 0.15) is 11.6 Å². The minimum atomic E-state index is -4.04. The molecule has 0 aliphatic heterocycles. The Hall–Kier alpha value is -2.90. The molecular formula is C29H34FNO4S. The second kappa shape index (κ2) is 10.6. The molecule has 192 valence electrons. The molecule has 2 aromatic carbocycles. The molecule has 1 aromatic heterocycles. The third kappa shape index (κ3) is 6.26. The number of carbonyl (C=O) groups excluding carboxylic acids is 1. The summed E-state index contributed by atoms with van der Waals surface area (Å²) in [6.07, 6.45) is 3.03. The van der Waals surface area contributed by atoms with Crippen molar-refractivity contribution in [3.05, 3.63) is 82.9 Å². The fraction of sp³-hybridized carbons (Fsp3) is 0.379. The van der Waals surface area contributed by atoms with Gasteiger partial charge >= 0.3 is 0 Å². The molecule has 0 aliphatic rings. The van der Waals surface area contributed by atoms with Crippen molar-refractivity contribution in [1.82, 2.24) is 4.98 Å². The number of halogens is 1. The summed E-state index contributed by atoms with van der Waals surface area (Å²) in [7, 11) is -4.04. The Kier molecular flexibility index (Phi) is 8.16. The zero-order chi connectivity index (χ0) is 26.8. The SMILES string of the molecule is CC(C)c1ccc(F)c(C(C)C)c1CC(=O)CS(=O)(=O)c1cc(-c2ccncc2)cc(C(C)(C)O)c1. The highest BCUT2D eigenvalue weighted by molar-refractivity contribution is 7.92. The van der Waals surface area contributed by atoms with E-state index < -0.39 is 27.0 Å². The standard InChI is InChI=1S/C29H34FNO4S/c1-18(2)25-7-8-27(30)28(19(3)4)26(25)16-23(32)17-36(34,35)24-14-21(20-9-11-31-12-10-20)13-22(15-24)29(5,6)33/h7-15,18-19,33H,16-17H2,1-6H3. The Morgan fingerprint density at radius 2 is 1.61 bits per heavy atom. The summed E-state index contributed by atoms with van der Waals surface area (Å²) in [6, 6.07) is 11.2. The smallest absolute Gasteiger partial charge is 0.185 e. The topological polar surface area (TPSA) is 84.3 Å². The number of pyridine rings is 1. The average molecular weight is 512 g/mol. The number of benzene rings is 2. The number of hydrogen-bond donors (Lipinski definition) is 1. The predicted molar refractivity (Wildman–Crippen MR) is 140 cm³/mol. The number of ketones is 1. The van der Waals surface area contributed by atoms with E-state index in [1.807, 2.05) is 27.7 Å². The predicted octanol–water partition coefficient (Wildman–Crippen LogP) is 5.95. The Balaban J connectivity index is 2.01. The molecule has 7 heteroatoms. The molecule has 36 heavy (non-hydrogen) atoms. The van der Waals surface area contributed by atoms with Crippen molar-refractivity contribution < 1.29 is 22.7 Å². The summed E-state index contributed by atoms with van der Waals surface area (Å²) < 4.78 is 41.5. The van der Waals surface area contributed by atoms with Crippen LogP contribution in [0, 0.1) is 5.82 Å². The summed E-state index contributed by atoms with van der Waals surface area (Å²) in [5.41, 5.74) is 2.32. The molecule has 3 rings (SSSR count). The summed E-state index contributed by atoms with van der Waals surface area (Å²) >= 11 is 0. The van der Waals surface area contributed by atoms with Crippen LogP contribution in [-0.4, -0.2) is 30.0 Å². The van der Waals surface area contributed by atoms with Crippen LogP contribution < -0.4 is 0 Å². The Morgan fingerprint density at radius 1 is 0.972 bits per heavy atom.